The van der Waals surface area contributed by atoms with Gasteiger partial charge in [-0.25, -0.2) is 9.97 Å². The van der Waals surface area contributed by atoms with Crippen LogP contribution in [0.4, 0.5) is 5.82 Å². The number of hydrogen-bond donors (Lipinski definition) is 0. The third-order valence-electron chi connectivity index (χ3n) is 4.34. The maximum absolute atomic E-state index is 5.47. The lowest BCUT2D eigenvalue weighted by Crippen LogP contribution is -2.37. The standard InChI is InChI=1S/C18H20N4O2/c1-13-11-19-17-18(21-6-8-24-9-7-21)20-16(12-22(13)17)14-4-3-5-15(10-14)23-2/h3-5,10-12H,6-9H2,1-2H3. The van der Waals surface area contributed by atoms with E-state index in [1.54, 1.807) is 7.11 Å². The van der Waals surface area contributed by atoms with Crippen molar-refractivity contribution in [2.45, 2.75) is 6.92 Å². The van der Waals surface area contributed by atoms with E-state index in [9.17, 15) is 0 Å². The number of methoxy groups -OCH3 is 1. The van der Waals surface area contributed by atoms with Gasteiger partial charge in [-0.15, -0.1) is 0 Å². The summed E-state index contributed by atoms with van der Waals surface area (Å²) in [6.07, 6.45) is 3.92. The number of anilines is 1. The number of nitrogens with zero attached hydrogens (tertiary/aromatic N) is 4. The van der Waals surface area contributed by atoms with Crippen LogP contribution in [0.15, 0.2) is 36.7 Å². The van der Waals surface area contributed by atoms with E-state index >= 15 is 0 Å². The molecule has 0 radical (unpaired) electrons. The van der Waals surface area contributed by atoms with Crippen molar-refractivity contribution in [2.75, 3.05) is 38.3 Å². The average Bonchev–Trinajstić information content (AvgIpc) is 3.03. The molecule has 0 unspecified atom stereocenters. The molecular formula is C18H20N4O2. The van der Waals surface area contributed by atoms with Crippen molar-refractivity contribution in [3.05, 3.63) is 42.4 Å². The van der Waals surface area contributed by atoms with Gasteiger partial charge in [-0.05, 0) is 19.1 Å². The number of morpholine rings is 1. The third-order valence-corrected chi connectivity index (χ3v) is 4.34. The topological polar surface area (TPSA) is 51.9 Å². The molecule has 1 fully saturated rings. The first-order chi connectivity index (χ1) is 11.8. The predicted octanol–water partition coefficient (Wildman–Crippen LogP) is 2.55. The second-order valence-corrected chi connectivity index (χ2v) is 5.87. The Bertz CT molecular complexity index is 869. The average molecular weight is 324 g/mol. The van der Waals surface area contributed by atoms with Crippen LogP contribution >= 0.6 is 0 Å². The first kappa shape index (κ1) is 15.0. The van der Waals surface area contributed by atoms with E-state index in [0.29, 0.717) is 0 Å². The second kappa shape index (κ2) is 6.13. The van der Waals surface area contributed by atoms with Gasteiger partial charge in [0.25, 0.3) is 0 Å². The number of hydrogen-bond acceptors (Lipinski definition) is 5. The van der Waals surface area contributed by atoms with Crippen LogP contribution in [0.3, 0.4) is 0 Å². The fraction of sp³-hybridized carbons (Fsp3) is 0.333. The quantitative estimate of drug-likeness (QED) is 0.741. The summed E-state index contributed by atoms with van der Waals surface area (Å²) in [4.78, 5) is 11.7. The molecule has 1 aliphatic rings. The Morgan fingerprint density at radius 2 is 2.04 bits per heavy atom. The monoisotopic (exact) mass is 324 g/mol. The summed E-state index contributed by atoms with van der Waals surface area (Å²) in [5.74, 6) is 1.73. The van der Waals surface area contributed by atoms with Crippen LogP contribution in [0, 0.1) is 6.92 Å². The molecule has 24 heavy (non-hydrogen) atoms. The Morgan fingerprint density at radius 3 is 2.83 bits per heavy atom. The highest BCUT2D eigenvalue weighted by Crippen LogP contribution is 2.28. The molecule has 0 saturated carbocycles. The van der Waals surface area contributed by atoms with Crippen LogP contribution in [-0.2, 0) is 4.74 Å². The lowest BCUT2D eigenvalue weighted by Gasteiger charge is -2.28. The highest BCUT2D eigenvalue weighted by Gasteiger charge is 2.19. The van der Waals surface area contributed by atoms with Crippen LogP contribution in [-0.4, -0.2) is 47.8 Å². The molecule has 0 spiro atoms. The molecule has 1 aromatic carbocycles. The Morgan fingerprint density at radius 1 is 1.21 bits per heavy atom. The van der Waals surface area contributed by atoms with Gasteiger partial charge in [0, 0.05) is 36.7 Å². The summed E-state index contributed by atoms with van der Waals surface area (Å²) in [5, 5.41) is 0. The maximum Gasteiger partial charge on any atom is 0.180 e. The lowest BCUT2D eigenvalue weighted by atomic mass is 10.1. The Kier molecular flexibility index (Phi) is 3.82. The summed E-state index contributed by atoms with van der Waals surface area (Å²) < 4.78 is 12.9. The fourth-order valence-electron chi connectivity index (χ4n) is 3.00. The number of imidazole rings is 1. The molecule has 3 aromatic rings. The van der Waals surface area contributed by atoms with Crippen molar-refractivity contribution in [3.63, 3.8) is 0 Å². The SMILES string of the molecule is COc1cccc(-c2cn3c(C)cnc3c(N3CCOCC3)n2)c1. The maximum atomic E-state index is 5.47. The van der Waals surface area contributed by atoms with Gasteiger partial charge in [0.2, 0.25) is 0 Å². The van der Waals surface area contributed by atoms with Gasteiger partial charge in [-0.3, -0.25) is 4.40 Å². The first-order valence-corrected chi connectivity index (χ1v) is 8.08. The minimum Gasteiger partial charge on any atom is -0.497 e. The second-order valence-electron chi connectivity index (χ2n) is 5.87. The highest BCUT2D eigenvalue weighted by molar-refractivity contribution is 5.71. The molecule has 0 aliphatic carbocycles. The summed E-state index contributed by atoms with van der Waals surface area (Å²) in [6, 6.07) is 7.97. The summed E-state index contributed by atoms with van der Waals surface area (Å²) in [6.45, 7) is 5.15. The van der Waals surface area contributed by atoms with Gasteiger partial charge in [0.05, 0.1) is 26.0 Å². The third kappa shape index (κ3) is 2.59. The van der Waals surface area contributed by atoms with Crippen molar-refractivity contribution in [3.8, 4) is 17.0 Å². The van der Waals surface area contributed by atoms with Gasteiger partial charge in [0.1, 0.15) is 5.75 Å². The zero-order chi connectivity index (χ0) is 16.5. The molecule has 6 nitrogen and oxygen atoms in total. The van der Waals surface area contributed by atoms with Crippen molar-refractivity contribution in [1.29, 1.82) is 0 Å². The molecule has 4 rings (SSSR count). The van der Waals surface area contributed by atoms with E-state index in [2.05, 4.69) is 21.2 Å². The molecule has 0 atom stereocenters. The van der Waals surface area contributed by atoms with E-state index in [-0.39, 0.29) is 0 Å². The number of aryl methyl sites for hydroxylation is 1. The van der Waals surface area contributed by atoms with Gasteiger partial charge in [-0.2, -0.15) is 0 Å². The summed E-state index contributed by atoms with van der Waals surface area (Å²) in [7, 11) is 1.68. The summed E-state index contributed by atoms with van der Waals surface area (Å²) in [5.41, 5.74) is 3.91. The van der Waals surface area contributed by atoms with Gasteiger partial charge < -0.3 is 14.4 Å². The van der Waals surface area contributed by atoms with Crippen LogP contribution < -0.4 is 9.64 Å². The molecule has 0 bridgehead atoms. The van der Waals surface area contributed by atoms with Crippen LogP contribution in [0.25, 0.3) is 16.9 Å². The van der Waals surface area contributed by atoms with Crippen molar-refractivity contribution in [2.24, 2.45) is 0 Å². The number of fused-ring (bicyclic) bond motifs is 1. The number of ether oxygens (including phenoxy) is 2. The van der Waals surface area contributed by atoms with E-state index in [0.717, 1.165) is 60.5 Å². The number of aromatic nitrogens is 3. The van der Waals surface area contributed by atoms with E-state index in [4.69, 9.17) is 14.5 Å². The molecule has 6 heteroatoms. The largest absolute Gasteiger partial charge is 0.497 e. The summed E-state index contributed by atoms with van der Waals surface area (Å²) >= 11 is 0. The normalized spacial score (nSPS) is 15.0. The number of rotatable bonds is 3. The number of benzene rings is 1. The van der Waals surface area contributed by atoms with Crippen molar-refractivity contribution >= 4 is 11.5 Å². The molecule has 2 aromatic heterocycles. The lowest BCUT2D eigenvalue weighted by molar-refractivity contribution is 0.122. The minimum absolute atomic E-state index is 0.719. The Labute approximate surface area is 140 Å². The molecule has 124 valence electrons. The van der Waals surface area contributed by atoms with Gasteiger partial charge >= 0.3 is 0 Å². The zero-order valence-corrected chi connectivity index (χ0v) is 13.9. The zero-order valence-electron chi connectivity index (χ0n) is 13.9. The van der Waals surface area contributed by atoms with Gasteiger partial charge in [-0.1, -0.05) is 12.1 Å². The van der Waals surface area contributed by atoms with Crippen LogP contribution in [0.2, 0.25) is 0 Å². The van der Waals surface area contributed by atoms with E-state index in [1.165, 1.54) is 0 Å². The molecule has 1 aliphatic heterocycles. The van der Waals surface area contributed by atoms with Crippen molar-refractivity contribution in [1.82, 2.24) is 14.4 Å². The Balaban J connectivity index is 1.88. The molecular weight excluding hydrogens is 304 g/mol. The predicted molar refractivity (Wildman–Crippen MR) is 92.7 cm³/mol. The van der Waals surface area contributed by atoms with Gasteiger partial charge in [0.15, 0.2) is 11.5 Å². The van der Waals surface area contributed by atoms with Crippen LogP contribution in [0.5, 0.6) is 5.75 Å². The minimum atomic E-state index is 0.719. The smallest absolute Gasteiger partial charge is 0.180 e. The fourth-order valence-corrected chi connectivity index (χ4v) is 3.00. The molecule has 3 heterocycles. The van der Waals surface area contributed by atoms with E-state index < -0.39 is 0 Å². The molecule has 1 saturated heterocycles. The molecule has 0 N–H and O–H groups in total. The molecule has 0 amide bonds. The Hall–Kier alpha value is -2.60. The van der Waals surface area contributed by atoms with Crippen LogP contribution in [0.1, 0.15) is 5.69 Å². The van der Waals surface area contributed by atoms with E-state index in [1.807, 2.05) is 36.7 Å². The highest BCUT2D eigenvalue weighted by atomic mass is 16.5. The van der Waals surface area contributed by atoms with Crippen molar-refractivity contribution < 1.29 is 9.47 Å². The first-order valence-electron chi connectivity index (χ1n) is 8.08.